The Bertz CT molecular complexity index is 551. The van der Waals surface area contributed by atoms with E-state index in [2.05, 4.69) is 10.2 Å². The summed E-state index contributed by atoms with van der Waals surface area (Å²) in [5.74, 6) is -1.89. The van der Waals surface area contributed by atoms with Crippen LogP contribution in [-0.4, -0.2) is 46.6 Å². The number of nitrogens with one attached hydrogen (secondary N) is 1. The molecule has 21 heavy (non-hydrogen) atoms. The second kappa shape index (κ2) is 5.95. The number of phenolic OH excluding ortho intramolecular Hbond substituents is 1. The number of thiocarbonyl (C=S) groups is 1. The summed E-state index contributed by atoms with van der Waals surface area (Å²) in [6.45, 7) is 1.45. The van der Waals surface area contributed by atoms with Gasteiger partial charge in [-0.1, -0.05) is 18.3 Å². The van der Waals surface area contributed by atoms with Gasteiger partial charge in [-0.05, 0) is 32.0 Å². The Morgan fingerprint density at radius 1 is 1.48 bits per heavy atom. The number of carbonyl (C=O) groups excluding carboxylic acids is 1. The van der Waals surface area contributed by atoms with E-state index in [1.807, 2.05) is 7.05 Å². The van der Waals surface area contributed by atoms with Gasteiger partial charge in [0.25, 0.3) is 5.91 Å². The average molecular weight is 311 g/mol. The number of phenols is 1. The van der Waals surface area contributed by atoms with Gasteiger partial charge in [-0.2, -0.15) is 0 Å². The molecule has 7 heteroatoms. The van der Waals surface area contributed by atoms with Crippen molar-refractivity contribution >= 4 is 23.1 Å². The highest BCUT2D eigenvalue weighted by molar-refractivity contribution is 7.80. The molecule has 0 spiro atoms. The summed E-state index contributed by atoms with van der Waals surface area (Å²) < 4.78 is 13.7. The van der Waals surface area contributed by atoms with Gasteiger partial charge in [0, 0.05) is 13.1 Å². The van der Waals surface area contributed by atoms with Crippen molar-refractivity contribution in [3.05, 3.63) is 29.6 Å². The molecule has 1 fully saturated rings. The molecular weight excluding hydrogens is 293 g/mol. The lowest BCUT2D eigenvalue weighted by Gasteiger charge is -2.40. The zero-order valence-electron chi connectivity index (χ0n) is 11.7. The van der Waals surface area contributed by atoms with E-state index >= 15 is 0 Å². The minimum absolute atomic E-state index is 0.180. The third kappa shape index (κ3) is 3.14. The van der Waals surface area contributed by atoms with Gasteiger partial charge in [0.15, 0.2) is 0 Å². The van der Waals surface area contributed by atoms with Crippen LogP contribution in [0.4, 0.5) is 4.39 Å². The Morgan fingerprint density at radius 2 is 2.10 bits per heavy atom. The molecule has 4 N–H and O–H groups in total. The van der Waals surface area contributed by atoms with Crippen LogP contribution in [0.25, 0.3) is 0 Å². The lowest BCUT2D eigenvalue weighted by molar-refractivity contribution is 0.0883. The highest BCUT2D eigenvalue weighted by Crippen LogP contribution is 2.25. The van der Waals surface area contributed by atoms with Gasteiger partial charge in [0.05, 0.1) is 10.5 Å². The molecule has 0 aromatic heterocycles. The lowest BCUT2D eigenvalue weighted by Crippen LogP contribution is -2.61. The van der Waals surface area contributed by atoms with E-state index in [1.54, 1.807) is 0 Å². The molecule has 5 nitrogen and oxygen atoms in total. The van der Waals surface area contributed by atoms with E-state index in [-0.39, 0.29) is 10.6 Å². The van der Waals surface area contributed by atoms with Crippen molar-refractivity contribution in [1.82, 2.24) is 10.2 Å². The second-order valence-corrected chi connectivity index (χ2v) is 5.78. The molecule has 0 saturated carbocycles. The number of likely N-dealkylation sites (tertiary alicyclic amines) is 1. The summed E-state index contributed by atoms with van der Waals surface area (Å²) >= 11 is 5.09. The topological polar surface area (TPSA) is 78.6 Å². The van der Waals surface area contributed by atoms with Gasteiger partial charge in [0.1, 0.15) is 17.1 Å². The van der Waals surface area contributed by atoms with Crippen molar-refractivity contribution in [2.75, 3.05) is 20.1 Å². The molecule has 0 aliphatic carbocycles. The van der Waals surface area contributed by atoms with Gasteiger partial charge in [-0.3, -0.25) is 4.79 Å². The van der Waals surface area contributed by atoms with Crippen molar-refractivity contribution < 1.29 is 14.3 Å². The fourth-order valence-electron chi connectivity index (χ4n) is 2.45. The maximum atomic E-state index is 13.7. The maximum absolute atomic E-state index is 13.7. The summed E-state index contributed by atoms with van der Waals surface area (Å²) in [6, 6.07) is 3.72. The summed E-state index contributed by atoms with van der Waals surface area (Å²) in [5.41, 5.74) is 4.57. The summed E-state index contributed by atoms with van der Waals surface area (Å²) in [7, 11) is 1.97. The van der Waals surface area contributed by atoms with E-state index in [0.717, 1.165) is 19.2 Å². The van der Waals surface area contributed by atoms with Crippen molar-refractivity contribution in [3.63, 3.8) is 0 Å². The van der Waals surface area contributed by atoms with Crippen LogP contribution in [0, 0.1) is 5.82 Å². The lowest BCUT2D eigenvalue weighted by atomic mass is 9.87. The van der Waals surface area contributed by atoms with Crippen LogP contribution in [-0.2, 0) is 0 Å². The van der Waals surface area contributed by atoms with E-state index < -0.39 is 23.0 Å². The third-order valence-corrected chi connectivity index (χ3v) is 4.27. The number of amides is 1. The Labute approximate surface area is 127 Å². The molecule has 0 radical (unpaired) electrons. The first kappa shape index (κ1) is 15.7. The van der Waals surface area contributed by atoms with Crippen LogP contribution >= 0.6 is 12.2 Å². The SMILES string of the molecule is CN1CCC(NC(=O)c2c(O)cccc2F)(C(N)=S)CC1. The zero-order valence-corrected chi connectivity index (χ0v) is 12.5. The van der Waals surface area contributed by atoms with E-state index in [1.165, 1.54) is 12.1 Å². The zero-order chi connectivity index (χ0) is 15.6. The number of rotatable bonds is 3. The van der Waals surface area contributed by atoms with E-state index in [4.69, 9.17) is 18.0 Å². The highest BCUT2D eigenvalue weighted by Gasteiger charge is 2.38. The molecule has 1 aliphatic heterocycles. The number of piperidine rings is 1. The van der Waals surface area contributed by atoms with Crippen LogP contribution < -0.4 is 11.1 Å². The van der Waals surface area contributed by atoms with Crippen molar-refractivity contribution in [3.8, 4) is 5.75 Å². The van der Waals surface area contributed by atoms with Crippen LogP contribution in [0.1, 0.15) is 23.2 Å². The summed E-state index contributed by atoms with van der Waals surface area (Å²) in [5, 5.41) is 12.4. The smallest absolute Gasteiger partial charge is 0.258 e. The molecule has 0 unspecified atom stereocenters. The molecule has 0 bridgehead atoms. The van der Waals surface area contributed by atoms with Crippen molar-refractivity contribution in [2.45, 2.75) is 18.4 Å². The molecule has 1 heterocycles. The third-order valence-electron chi connectivity index (χ3n) is 3.88. The number of nitrogens with zero attached hydrogens (tertiary/aromatic N) is 1. The highest BCUT2D eigenvalue weighted by atomic mass is 32.1. The normalized spacial score (nSPS) is 18.2. The minimum atomic E-state index is -0.840. The van der Waals surface area contributed by atoms with Crippen LogP contribution in [0.5, 0.6) is 5.75 Å². The van der Waals surface area contributed by atoms with Gasteiger partial charge in [-0.15, -0.1) is 0 Å². The average Bonchev–Trinajstić information content (AvgIpc) is 2.41. The Morgan fingerprint density at radius 3 is 2.62 bits per heavy atom. The fraction of sp³-hybridized carbons (Fsp3) is 0.429. The predicted octanol–water partition coefficient (Wildman–Crippen LogP) is 1.01. The van der Waals surface area contributed by atoms with Crippen LogP contribution in [0.15, 0.2) is 18.2 Å². The first-order valence-electron chi connectivity index (χ1n) is 6.64. The first-order chi connectivity index (χ1) is 9.85. The van der Waals surface area contributed by atoms with Gasteiger partial charge in [0.2, 0.25) is 0 Å². The molecule has 1 aromatic rings. The van der Waals surface area contributed by atoms with Gasteiger partial charge in [-0.25, -0.2) is 4.39 Å². The fourth-order valence-corrected chi connectivity index (χ4v) is 2.71. The van der Waals surface area contributed by atoms with E-state index in [0.29, 0.717) is 12.8 Å². The molecule has 1 amide bonds. The Kier molecular flexibility index (Phi) is 4.43. The Balaban J connectivity index is 2.26. The van der Waals surface area contributed by atoms with E-state index in [9.17, 15) is 14.3 Å². The van der Waals surface area contributed by atoms with Crippen LogP contribution in [0.3, 0.4) is 0 Å². The minimum Gasteiger partial charge on any atom is -0.507 e. The Hall–Kier alpha value is -1.73. The number of halogens is 1. The second-order valence-electron chi connectivity index (χ2n) is 5.34. The predicted molar refractivity (Wildman–Crippen MR) is 81.8 cm³/mol. The number of nitrogens with two attached hydrogens (primary N) is 1. The number of aromatic hydroxyl groups is 1. The van der Waals surface area contributed by atoms with Crippen LogP contribution in [0.2, 0.25) is 0 Å². The monoisotopic (exact) mass is 311 g/mol. The number of carbonyl (C=O) groups is 1. The first-order valence-corrected chi connectivity index (χ1v) is 7.05. The molecule has 1 saturated heterocycles. The van der Waals surface area contributed by atoms with Crippen molar-refractivity contribution in [1.29, 1.82) is 0 Å². The van der Waals surface area contributed by atoms with Crippen molar-refractivity contribution in [2.24, 2.45) is 5.73 Å². The quantitative estimate of drug-likeness (QED) is 0.726. The summed E-state index contributed by atoms with van der Waals surface area (Å²) in [4.78, 5) is 14.6. The molecule has 1 aromatic carbocycles. The maximum Gasteiger partial charge on any atom is 0.258 e. The van der Waals surface area contributed by atoms with Gasteiger partial charge >= 0.3 is 0 Å². The molecule has 2 rings (SSSR count). The standard InChI is InChI=1S/C14H18FN3O2S/c1-18-7-5-14(6-8-18,13(16)21)17-12(20)11-9(15)3-2-4-10(11)19/h2-4,19H,5-8H2,1H3,(H2,16,21)(H,17,20). The molecule has 114 valence electrons. The summed E-state index contributed by atoms with van der Waals surface area (Å²) in [6.07, 6.45) is 1.11. The molecule has 1 aliphatic rings. The molecule has 0 atom stereocenters. The van der Waals surface area contributed by atoms with Gasteiger partial charge < -0.3 is 21.1 Å². The largest absolute Gasteiger partial charge is 0.507 e. The molecular formula is C14H18FN3O2S. The number of hydrogen-bond donors (Lipinski definition) is 3. The number of hydrogen-bond acceptors (Lipinski definition) is 4. The number of benzene rings is 1.